The lowest BCUT2D eigenvalue weighted by Crippen LogP contribution is -2.55. The third-order valence-corrected chi connectivity index (χ3v) is 4.89. The summed E-state index contributed by atoms with van der Waals surface area (Å²) >= 11 is 0. The van der Waals surface area contributed by atoms with Gasteiger partial charge in [-0.3, -0.25) is 4.79 Å². The minimum atomic E-state index is -3.47. The maximum absolute atomic E-state index is 12.2. The fraction of sp³-hybridized carbons (Fsp3) is 0.909. The van der Waals surface area contributed by atoms with Gasteiger partial charge in [0.15, 0.2) is 14.6 Å². The number of piperidine rings is 1. The molecule has 17 heavy (non-hydrogen) atoms. The summed E-state index contributed by atoms with van der Waals surface area (Å²) in [7, 11) is -3.47. The van der Waals surface area contributed by atoms with Crippen molar-refractivity contribution >= 4 is 15.8 Å². The van der Waals surface area contributed by atoms with E-state index in [9.17, 15) is 13.2 Å². The van der Waals surface area contributed by atoms with E-state index in [2.05, 4.69) is 5.32 Å². The quantitative estimate of drug-likeness (QED) is 0.734. The Labute approximate surface area is 103 Å². The van der Waals surface area contributed by atoms with E-state index in [1.165, 1.54) is 0 Å². The largest absolute Gasteiger partial charge is 0.459 e. The van der Waals surface area contributed by atoms with Crippen LogP contribution in [0.2, 0.25) is 0 Å². The predicted octanol–water partition coefficient (Wildman–Crippen LogP) is 0.495. The molecule has 0 aromatic carbocycles. The van der Waals surface area contributed by atoms with E-state index in [1.54, 1.807) is 20.8 Å². The number of rotatable bonds is 2. The maximum Gasteiger partial charge on any atom is 0.328 e. The van der Waals surface area contributed by atoms with E-state index >= 15 is 0 Å². The lowest BCUT2D eigenvalue weighted by atomic mass is 9.96. The van der Waals surface area contributed by atoms with Gasteiger partial charge in [0.2, 0.25) is 0 Å². The van der Waals surface area contributed by atoms with Gasteiger partial charge in [-0.1, -0.05) is 0 Å². The highest BCUT2D eigenvalue weighted by molar-refractivity contribution is 7.92. The van der Waals surface area contributed by atoms with Crippen molar-refractivity contribution in [2.75, 3.05) is 19.3 Å². The minimum absolute atomic E-state index is 0.279. The summed E-state index contributed by atoms with van der Waals surface area (Å²) in [6.07, 6.45) is 1.67. The summed E-state index contributed by atoms with van der Waals surface area (Å²) in [6.45, 7) is 6.25. The van der Waals surface area contributed by atoms with Crippen LogP contribution in [0.1, 0.15) is 33.6 Å². The number of hydrogen-bond acceptors (Lipinski definition) is 5. The molecule has 100 valence electrons. The Morgan fingerprint density at radius 3 is 2.06 bits per heavy atom. The second-order valence-corrected chi connectivity index (χ2v) is 7.84. The molecule has 0 atom stereocenters. The van der Waals surface area contributed by atoms with Crippen LogP contribution in [0.4, 0.5) is 0 Å². The SMILES string of the molecule is CC(C)(C)OC(=O)C1(S(C)(=O)=O)CCNCC1. The predicted molar refractivity (Wildman–Crippen MR) is 65.5 cm³/mol. The molecule has 1 N–H and O–H groups in total. The van der Waals surface area contributed by atoms with E-state index in [4.69, 9.17) is 4.74 Å². The molecule has 0 radical (unpaired) electrons. The average molecular weight is 263 g/mol. The van der Waals surface area contributed by atoms with E-state index in [-0.39, 0.29) is 12.8 Å². The smallest absolute Gasteiger partial charge is 0.328 e. The van der Waals surface area contributed by atoms with Crippen LogP contribution in [0.25, 0.3) is 0 Å². The highest BCUT2D eigenvalue weighted by atomic mass is 32.2. The zero-order valence-electron chi connectivity index (χ0n) is 10.9. The lowest BCUT2D eigenvalue weighted by Gasteiger charge is -2.35. The molecular weight excluding hydrogens is 242 g/mol. The van der Waals surface area contributed by atoms with Gasteiger partial charge >= 0.3 is 5.97 Å². The van der Waals surface area contributed by atoms with Gasteiger partial charge in [-0.25, -0.2) is 8.42 Å². The van der Waals surface area contributed by atoms with Crippen LogP contribution in [0.3, 0.4) is 0 Å². The minimum Gasteiger partial charge on any atom is -0.459 e. The van der Waals surface area contributed by atoms with Gasteiger partial charge in [0.1, 0.15) is 5.60 Å². The van der Waals surface area contributed by atoms with E-state index in [0.717, 1.165) is 6.26 Å². The van der Waals surface area contributed by atoms with E-state index in [0.29, 0.717) is 13.1 Å². The molecule has 0 unspecified atom stereocenters. The van der Waals surface area contributed by atoms with Crippen molar-refractivity contribution in [2.45, 2.75) is 44.0 Å². The zero-order chi connectivity index (χ0) is 13.3. The first-order valence-corrected chi connectivity index (χ1v) is 7.61. The molecule has 1 saturated heterocycles. The summed E-state index contributed by atoms with van der Waals surface area (Å²) in [5.74, 6) is -0.617. The molecular formula is C11H21NO4S. The first-order valence-electron chi connectivity index (χ1n) is 5.72. The number of nitrogens with one attached hydrogen (secondary N) is 1. The molecule has 1 aliphatic heterocycles. The third kappa shape index (κ3) is 3.19. The molecule has 0 aromatic heterocycles. The van der Waals surface area contributed by atoms with Crippen LogP contribution >= 0.6 is 0 Å². The Morgan fingerprint density at radius 2 is 1.71 bits per heavy atom. The molecule has 0 bridgehead atoms. The Morgan fingerprint density at radius 1 is 1.24 bits per heavy atom. The van der Waals surface area contributed by atoms with Gasteiger partial charge < -0.3 is 10.1 Å². The monoisotopic (exact) mass is 263 g/mol. The summed E-state index contributed by atoms with van der Waals surface area (Å²) < 4.78 is 27.7. The topological polar surface area (TPSA) is 72.5 Å². The average Bonchev–Trinajstić information content (AvgIpc) is 2.14. The van der Waals surface area contributed by atoms with Gasteiger partial charge in [0, 0.05) is 6.26 Å². The van der Waals surface area contributed by atoms with Crippen molar-refractivity contribution in [3.63, 3.8) is 0 Å². The molecule has 1 rings (SSSR count). The van der Waals surface area contributed by atoms with E-state index < -0.39 is 26.2 Å². The Balaban J connectivity index is 3.04. The maximum atomic E-state index is 12.2. The van der Waals surface area contributed by atoms with Gasteiger partial charge in [-0.15, -0.1) is 0 Å². The molecule has 1 fully saturated rings. The number of esters is 1. The van der Waals surface area contributed by atoms with Gasteiger partial charge in [0.25, 0.3) is 0 Å². The summed E-state index contributed by atoms with van der Waals surface area (Å²) in [5.41, 5.74) is -0.667. The van der Waals surface area contributed by atoms with E-state index in [1.807, 2.05) is 0 Å². The number of ether oxygens (including phenoxy) is 1. The highest BCUT2D eigenvalue weighted by Crippen LogP contribution is 2.30. The second-order valence-electron chi connectivity index (χ2n) is 5.52. The Kier molecular flexibility index (Phi) is 3.88. The molecule has 0 aromatic rings. The summed E-state index contributed by atoms with van der Waals surface area (Å²) in [5, 5.41) is 3.06. The number of sulfone groups is 1. The first kappa shape index (κ1) is 14.4. The molecule has 1 aliphatic rings. The second kappa shape index (κ2) is 4.57. The molecule has 0 aliphatic carbocycles. The normalized spacial score (nSPS) is 20.9. The molecule has 0 amide bonds. The third-order valence-electron chi connectivity index (χ3n) is 2.89. The highest BCUT2D eigenvalue weighted by Gasteiger charge is 2.51. The fourth-order valence-electron chi connectivity index (χ4n) is 1.93. The van der Waals surface area contributed by atoms with Gasteiger partial charge in [-0.05, 0) is 46.7 Å². The standard InChI is InChI=1S/C11H21NO4S/c1-10(2,3)16-9(13)11(17(4,14)15)5-7-12-8-6-11/h12H,5-8H2,1-4H3. The van der Waals surface area contributed by atoms with Crippen molar-refractivity contribution < 1.29 is 17.9 Å². The number of carbonyl (C=O) groups excluding carboxylic acids is 1. The molecule has 6 heteroatoms. The van der Waals surface area contributed by atoms with Crippen LogP contribution in [0.5, 0.6) is 0 Å². The molecule has 5 nitrogen and oxygen atoms in total. The number of carbonyl (C=O) groups is 1. The zero-order valence-corrected chi connectivity index (χ0v) is 11.7. The van der Waals surface area contributed by atoms with Crippen LogP contribution in [-0.4, -0.2) is 44.1 Å². The fourth-order valence-corrected chi connectivity index (χ4v) is 3.22. The summed E-state index contributed by atoms with van der Waals surface area (Å²) in [6, 6.07) is 0. The van der Waals surface area contributed by atoms with Crippen LogP contribution in [0.15, 0.2) is 0 Å². The van der Waals surface area contributed by atoms with Crippen molar-refractivity contribution in [1.29, 1.82) is 0 Å². The Hall–Kier alpha value is -0.620. The molecule has 0 saturated carbocycles. The van der Waals surface area contributed by atoms with Gasteiger partial charge in [0.05, 0.1) is 0 Å². The number of hydrogen-bond donors (Lipinski definition) is 1. The Bertz CT molecular complexity index is 388. The van der Waals surface area contributed by atoms with Crippen molar-refractivity contribution in [3.05, 3.63) is 0 Å². The molecule has 0 spiro atoms. The van der Waals surface area contributed by atoms with Crippen molar-refractivity contribution in [3.8, 4) is 0 Å². The first-order chi connectivity index (χ1) is 7.58. The lowest BCUT2D eigenvalue weighted by molar-refractivity contribution is -0.159. The van der Waals surface area contributed by atoms with Crippen molar-refractivity contribution in [2.24, 2.45) is 0 Å². The van der Waals surface area contributed by atoms with Crippen LogP contribution in [-0.2, 0) is 19.4 Å². The van der Waals surface area contributed by atoms with Gasteiger partial charge in [-0.2, -0.15) is 0 Å². The van der Waals surface area contributed by atoms with Crippen LogP contribution in [0, 0.1) is 0 Å². The van der Waals surface area contributed by atoms with Crippen LogP contribution < -0.4 is 5.32 Å². The summed E-state index contributed by atoms with van der Waals surface area (Å²) in [4.78, 5) is 12.2. The molecule has 1 heterocycles. The van der Waals surface area contributed by atoms with Crippen molar-refractivity contribution in [1.82, 2.24) is 5.32 Å².